The number of halogens is 1. The number of hydrogen-bond acceptors (Lipinski definition) is 6. The molecule has 12 heteroatoms. The minimum Gasteiger partial charge on any atom is -0.351 e. The summed E-state index contributed by atoms with van der Waals surface area (Å²) < 4.78 is 29.1. The van der Waals surface area contributed by atoms with Gasteiger partial charge in [0, 0.05) is 24.7 Å². The van der Waals surface area contributed by atoms with E-state index >= 15 is 0 Å². The van der Waals surface area contributed by atoms with Crippen molar-refractivity contribution in [2.75, 3.05) is 11.3 Å². The number of carbonyl (C=O) groups excluding carboxylic acids is 1. The third-order valence-electron chi connectivity index (χ3n) is 3.99. The van der Waals surface area contributed by atoms with Crippen molar-refractivity contribution >= 4 is 39.0 Å². The number of unbranched alkanes of at least 4 members (excludes halogenated alkanes) is 1. The molecular weight excluding hydrogens is 410 g/mol. The third kappa shape index (κ3) is 4.60. The summed E-state index contributed by atoms with van der Waals surface area (Å²) in [6, 6.07) is 3.20. The third-order valence-corrected chi connectivity index (χ3v) is 5.61. The lowest BCUT2D eigenvalue weighted by molar-refractivity contribution is -0.387. The molecule has 1 heterocycles. The number of anilines is 1. The van der Waals surface area contributed by atoms with Crippen molar-refractivity contribution in [3.63, 3.8) is 0 Å². The van der Waals surface area contributed by atoms with Crippen molar-refractivity contribution in [2.24, 2.45) is 7.05 Å². The molecule has 0 aliphatic carbocycles. The number of amides is 1. The van der Waals surface area contributed by atoms with E-state index in [-0.39, 0.29) is 16.5 Å². The second kappa shape index (κ2) is 8.57. The zero-order valence-corrected chi connectivity index (χ0v) is 17.1. The van der Waals surface area contributed by atoms with E-state index in [1.807, 2.05) is 6.92 Å². The molecule has 0 spiro atoms. The van der Waals surface area contributed by atoms with Gasteiger partial charge >= 0.3 is 0 Å². The highest BCUT2D eigenvalue weighted by Crippen LogP contribution is 2.29. The first-order valence-corrected chi connectivity index (χ1v) is 10.2. The fraction of sp³-hybridized carbons (Fsp3) is 0.375. The molecule has 10 nitrogen and oxygen atoms in total. The van der Waals surface area contributed by atoms with E-state index in [0.717, 1.165) is 25.0 Å². The summed E-state index contributed by atoms with van der Waals surface area (Å²) >= 11 is 5.73. The summed E-state index contributed by atoms with van der Waals surface area (Å²) in [4.78, 5) is 26.4. The molecule has 1 aromatic heterocycles. The number of carbonyl (C=O) groups is 1. The van der Waals surface area contributed by atoms with E-state index in [1.54, 1.807) is 14.0 Å². The molecule has 0 saturated carbocycles. The SMILES string of the molecule is CCCCNC(=O)c1c(NS(=O)(=O)c2ccc(Cl)cc2[N+](=O)[O-])nc(C)n1C. The van der Waals surface area contributed by atoms with Crippen LogP contribution in [0.15, 0.2) is 23.1 Å². The number of nitrogens with one attached hydrogen (secondary N) is 2. The minimum atomic E-state index is -4.40. The monoisotopic (exact) mass is 429 g/mol. The first kappa shape index (κ1) is 21.6. The predicted molar refractivity (Wildman–Crippen MR) is 104 cm³/mol. The highest BCUT2D eigenvalue weighted by atomic mass is 35.5. The van der Waals surface area contributed by atoms with Crippen molar-refractivity contribution in [3.8, 4) is 0 Å². The Morgan fingerprint density at radius 1 is 1.39 bits per heavy atom. The van der Waals surface area contributed by atoms with Crippen LogP contribution in [-0.2, 0) is 17.1 Å². The van der Waals surface area contributed by atoms with E-state index in [9.17, 15) is 23.3 Å². The first-order chi connectivity index (χ1) is 13.1. The highest BCUT2D eigenvalue weighted by molar-refractivity contribution is 7.92. The largest absolute Gasteiger partial charge is 0.351 e. The van der Waals surface area contributed by atoms with Crippen LogP contribution in [0.25, 0.3) is 0 Å². The van der Waals surface area contributed by atoms with Crippen molar-refractivity contribution < 1.29 is 18.1 Å². The molecule has 0 radical (unpaired) electrons. The molecule has 0 unspecified atom stereocenters. The fourth-order valence-electron chi connectivity index (χ4n) is 2.45. The molecule has 2 N–H and O–H groups in total. The Kier molecular flexibility index (Phi) is 6.62. The van der Waals surface area contributed by atoms with Gasteiger partial charge in [0.25, 0.3) is 21.6 Å². The molecule has 0 aliphatic rings. The van der Waals surface area contributed by atoms with Crippen molar-refractivity contribution in [1.29, 1.82) is 0 Å². The number of nitrogens with zero attached hydrogens (tertiary/aromatic N) is 3. The lowest BCUT2D eigenvalue weighted by atomic mass is 10.3. The van der Waals surface area contributed by atoms with Crippen LogP contribution in [0.4, 0.5) is 11.5 Å². The molecule has 0 fully saturated rings. The van der Waals surface area contributed by atoms with Gasteiger partial charge in [-0.05, 0) is 25.5 Å². The van der Waals surface area contributed by atoms with Gasteiger partial charge in [-0.25, -0.2) is 13.4 Å². The maximum atomic E-state index is 12.8. The van der Waals surface area contributed by atoms with Crippen LogP contribution in [0, 0.1) is 17.0 Å². The molecular formula is C16H20ClN5O5S. The highest BCUT2D eigenvalue weighted by Gasteiger charge is 2.29. The average Bonchev–Trinajstić information content (AvgIpc) is 2.87. The summed E-state index contributed by atoms with van der Waals surface area (Å²) in [5.41, 5.74) is -0.671. The van der Waals surface area contributed by atoms with E-state index in [0.29, 0.717) is 12.4 Å². The van der Waals surface area contributed by atoms with E-state index in [2.05, 4.69) is 15.0 Å². The quantitative estimate of drug-likeness (QED) is 0.376. The van der Waals surface area contributed by atoms with Crippen LogP contribution in [-0.4, -0.2) is 35.3 Å². The van der Waals surface area contributed by atoms with Crippen LogP contribution < -0.4 is 10.0 Å². The molecule has 1 amide bonds. The number of sulfonamides is 1. The molecule has 1 aromatic carbocycles. The average molecular weight is 430 g/mol. The number of rotatable bonds is 8. The van der Waals surface area contributed by atoms with Crippen LogP contribution in [0.2, 0.25) is 5.02 Å². The summed E-state index contributed by atoms with van der Waals surface area (Å²) in [5.74, 6) is -0.318. The van der Waals surface area contributed by atoms with Crippen molar-refractivity contribution in [3.05, 3.63) is 44.9 Å². The van der Waals surface area contributed by atoms with Crippen LogP contribution >= 0.6 is 11.6 Å². The number of aromatic nitrogens is 2. The Hall–Kier alpha value is -2.66. The molecule has 0 aliphatic heterocycles. The predicted octanol–water partition coefficient (Wildman–Crippen LogP) is 2.62. The Balaban J connectivity index is 2.44. The second-order valence-electron chi connectivity index (χ2n) is 6.00. The number of nitro groups is 1. The Bertz CT molecular complexity index is 1020. The molecule has 2 aromatic rings. The lowest BCUT2D eigenvalue weighted by Crippen LogP contribution is -2.28. The smallest absolute Gasteiger partial charge is 0.291 e. The van der Waals surface area contributed by atoms with Gasteiger partial charge in [-0.3, -0.25) is 19.6 Å². The van der Waals surface area contributed by atoms with E-state index in [4.69, 9.17) is 11.6 Å². The summed E-state index contributed by atoms with van der Waals surface area (Å²) in [5, 5.41) is 13.9. The van der Waals surface area contributed by atoms with Gasteiger partial charge in [-0.15, -0.1) is 0 Å². The van der Waals surface area contributed by atoms with Crippen molar-refractivity contribution in [1.82, 2.24) is 14.9 Å². The standard InChI is InChI=1S/C16H20ClN5O5S/c1-4-5-8-18-16(23)14-15(19-10(2)21(14)3)20-28(26,27)13-7-6-11(17)9-12(13)22(24)25/h6-7,9,20H,4-5,8H2,1-3H3,(H,18,23). The molecule has 152 valence electrons. The maximum absolute atomic E-state index is 12.8. The van der Waals surface area contributed by atoms with Crippen LogP contribution in [0.5, 0.6) is 0 Å². The van der Waals surface area contributed by atoms with Gasteiger partial charge in [0.15, 0.2) is 16.4 Å². The van der Waals surface area contributed by atoms with Gasteiger partial charge in [-0.1, -0.05) is 24.9 Å². The van der Waals surface area contributed by atoms with E-state index < -0.39 is 31.4 Å². The number of aryl methyl sites for hydroxylation is 1. The zero-order chi connectivity index (χ0) is 21.1. The fourth-order valence-corrected chi connectivity index (χ4v) is 3.78. The normalized spacial score (nSPS) is 11.3. The number of imidazole rings is 1. The number of hydrogen-bond donors (Lipinski definition) is 2. The van der Waals surface area contributed by atoms with Gasteiger partial charge < -0.3 is 9.88 Å². The second-order valence-corrected chi connectivity index (χ2v) is 8.09. The topological polar surface area (TPSA) is 136 Å². The van der Waals surface area contributed by atoms with Crippen LogP contribution in [0.1, 0.15) is 36.1 Å². The molecule has 2 rings (SSSR count). The lowest BCUT2D eigenvalue weighted by Gasteiger charge is -2.10. The van der Waals surface area contributed by atoms with Gasteiger partial charge in [-0.2, -0.15) is 0 Å². The van der Waals surface area contributed by atoms with Crippen molar-refractivity contribution in [2.45, 2.75) is 31.6 Å². The Morgan fingerprint density at radius 3 is 2.68 bits per heavy atom. The van der Waals surface area contributed by atoms with Gasteiger partial charge in [0.2, 0.25) is 0 Å². The molecule has 0 bridgehead atoms. The van der Waals surface area contributed by atoms with E-state index in [1.165, 1.54) is 10.6 Å². The molecule has 0 saturated heterocycles. The Morgan fingerprint density at radius 2 is 2.07 bits per heavy atom. The Labute approximate surface area is 167 Å². The number of benzene rings is 1. The number of nitro benzene ring substituents is 1. The maximum Gasteiger partial charge on any atom is 0.291 e. The zero-order valence-electron chi connectivity index (χ0n) is 15.5. The first-order valence-electron chi connectivity index (χ1n) is 8.36. The molecule has 0 atom stereocenters. The van der Waals surface area contributed by atoms with Gasteiger partial charge in [0.05, 0.1) is 4.92 Å². The summed E-state index contributed by atoms with van der Waals surface area (Å²) in [6.07, 6.45) is 1.64. The summed E-state index contributed by atoms with van der Waals surface area (Å²) in [6.45, 7) is 4.00. The van der Waals surface area contributed by atoms with Crippen LogP contribution in [0.3, 0.4) is 0 Å². The van der Waals surface area contributed by atoms with Gasteiger partial charge in [0.1, 0.15) is 5.82 Å². The molecule has 28 heavy (non-hydrogen) atoms. The summed E-state index contributed by atoms with van der Waals surface area (Å²) in [7, 11) is -2.83. The minimum absolute atomic E-state index is 0.00814.